The van der Waals surface area contributed by atoms with Crippen molar-refractivity contribution in [3.05, 3.63) is 51.5 Å². The van der Waals surface area contributed by atoms with E-state index in [1.807, 2.05) is 0 Å². The molecule has 0 bridgehead atoms. The maximum atomic E-state index is 12.6. The van der Waals surface area contributed by atoms with Gasteiger partial charge in [-0.1, -0.05) is 12.1 Å². The molecule has 1 aromatic heterocycles. The van der Waals surface area contributed by atoms with Gasteiger partial charge >= 0.3 is 6.18 Å². The fourth-order valence-corrected chi connectivity index (χ4v) is 1.98. The minimum Gasteiger partial charge on any atom is -0.365 e. The number of hydrogen-bond donors (Lipinski definition) is 1. The van der Waals surface area contributed by atoms with E-state index in [0.29, 0.717) is 11.4 Å². The van der Waals surface area contributed by atoms with Gasteiger partial charge < -0.3 is 5.32 Å². The van der Waals surface area contributed by atoms with E-state index in [1.54, 1.807) is 12.3 Å². The normalized spacial score (nSPS) is 11.4. The van der Waals surface area contributed by atoms with Crippen LogP contribution in [0.15, 0.2) is 36.8 Å². The Balaban J connectivity index is 2.10. The van der Waals surface area contributed by atoms with Crippen LogP contribution in [0.4, 0.5) is 19.0 Å². The van der Waals surface area contributed by atoms with Crippen LogP contribution in [0.2, 0.25) is 0 Å². The molecule has 0 aliphatic rings. The largest absolute Gasteiger partial charge is 0.416 e. The molecular weight excluding hydrogens is 370 g/mol. The monoisotopic (exact) mass is 379 g/mol. The summed E-state index contributed by atoms with van der Waals surface area (Å²) in [6.07, 6.45) is -1.31. The Morgan fingerprint density at radius 1 is 1.26 bits per heavy atom. The Kier molecular flexibility index (Phi) is 4.23. The molecule has 100 valence electrons. The van der Waals surface area contributed by atoms with Gasteiger partial charge in [0.05, 0.1) is 9.13 Å². The predicted molar refractivity (Wildman–Crippen MR) is 73.5 cm³/mol. The van der Waals surface area contributed by atoms with Crippen LogP contribution in [0.3, 0.4) is 0 Å². The van der Waals surface area contributed by atoms with E-state index >= 15 is 0 Å². The van der Waals surface area contributed by atoms with Crippen molar-refractivity contribution >= 4 is 28.4 Å². The van der Waals surface area contributed by atoms with Crippen molar-refractivity contribution in [2.24, 2.45) is 0 Å². The number of aromatic nitrogens is 2. The number of alkyl halides is 3. The summed E-state index contributed by atoms with van der Waals surface area (Å²) in [6, 6.07) is 5.21. The van der Waals surface area contributed by atoms with Crippen molar-refractivity contribution in [2.45, 2.75) is 12.7 Å². The van der Waals surface area contributed by atoms with E-state index in [0.717, 1.165) is 15.7 Å². The van der Waals surface area contributed by atoms with E-state index < -0.39 is 11.7 Å². The molecular formula is C12H9F3IN3. The van der Waals surface area contributed by atoms with Gasteiger partial charge in [0, 0.05) is 12.7 Å². The summed E-state index contributed by atoms with van der Waals surface area (Å²) in [5, 5.41) is 2.98. The highest BCUT2D eigenvalue weighted by molar-refractivity contribution is 14.1. The van der Waals surface area contributed by atoms with Gasteiger partial charge in [0.25, 0.3) is 0 Å². The lowest BCUT2D eigenvalue weighted by Gasteiger charge is -2.10. The average Bonchev–Trinajstić information content (AvgIpc) is 2.37. The molecule has 2 rings (SSSR count). The Labute approximate surface area is 121 Å². The van der Waals surface area contributed by atoms with Gasteiger partial charge in [0.2, 0.25) is 0 Å². The standard InChI is InChI=1S/C12H9F3IN3/c13-12(14,15)9-3-1-2-8(4-9)5-18-11-10(16)6-17-7-19-11/h1-4,6-7H,5H2,(H,17,18,19). The van der Waals surface area contributed by atoms with Crippen molar-refractivity contribution in [1.82, 2.24) is 9.97 Å². The molecule has 1 aromatic carbocycles. The summed E-state index contributed by atoms with van der Waals surface area (Å²) >= 11 is 2.06. The molecule has 0 amide bonds. The van der Waals surface area contributed by atoms with Crippen molar-refractivity contribution < 1.29 is 13.2 Å². The molecule has 7 heteroatoms. The molecule has 0 aliphatic carbocycles. The molecule has 0 saturated carbocycles. The van der Waals surface area contributed by atoms with E-state index in [2.05, 4.69) is 37.9 Å². The van der Waals surface area contributed by atoms with Gasteiger partial charge in [0.15, 0.2) is 0 Å². The van der Waals surface area contributed by atoms with Crippen LogP contribution in [0.5, 0.6) is 0 Å². The Bertz CT molecular complexity index is 572. The zero-order chi connectivity index (χ0) is 13.9. The summed E-state index contributed by atoms with van der Waals surface area (Å²) in [5.74, 6) is 0.605. The highest BCUT2D eigenvalue weighted by Gasteiger charge is 2.30. The van der Waals surface area contributed by atoms with Gasteiger partial charge in [-0.15, -0.1) is 0 Å². The predicted octanol–water partition coefficient (Wildman–Crippen LogP) is 3.71. The van der Waals surface area contributed by atoms with Crippen molar-refractivity contribution in [1.29, 1.82) is 0 Å². The van der Waals surface area contributed by atoms with Gasteiger partial charge in [-0.05, 0) is 40.3 Å². The lowest BCUT2D eigenvalue weighted by Crippen LogP contribution is -2.07. The van der Waals surface area contributed by atoms with E-state index in [-0.39, 0.29) is 6.54 Å². The molecule has 0 fully saturated rings. The minimum absolute atomic E-state index is 0.275. The first-order chi connectivity index (χ1) is 8.97. The summed E-state index contributed by atoms with van der Waals surface area (Å²) in [4.78, 5) is 7.85. The van der Waals surface area contributed by atoms with E-state index in [9.17, 15) is 13.2 Å². The number of rotatable bonds is 3. The second kappa shape index (κ2) is 5.72. The van der Waals surface area contributed by atoms with Crippen LogP contribution >= 0.6 is 22.6 Å². The molecule has 1 N–H and O–H groups in total. The second-order valence-corrected chi connectivity index (χ2v) is 4.93. The number of nitrogens with one attached hydrogen (secondary N) is 1. The summed E-state index contributed by atoms with van der Waals surface area (Å²) in [5.41, 5.74) is -0.103. The maximum absolute atomic E-state index is 12.6. The molecule has 2 aromatic rings. The van der Waals surface area contributed by atoms with Gasteiger partial charge in [-0.3, -0.25) is 0 Å². The molecule has 0 aliphatic heterocycles. The van der Waals surface area contributed by atoms with Crippen LogP contribution in [0.1, 0.15) is 11.1 Å². The van der Waals surface area contributed by atoms with Crippen LogP contribution < -0.4 is 5.32 Å². The van der Waals surface area contributed by atoms with E-state index in [4.69, 9.17) is 0 Å². The van der Waals surface area contributed by atoms with Crippen molar-refractivity contribution in [3.8, 4) is 0 Å². The average molecular weight is 379 g/mol. The number of benzene rings is 1. The summed E-state index contributed by atoms with van der Waals surface area (Å²) in [6.45, 7) is 0.275. The topological polar surface area (TPSA) is 37.8 Å². The zero-order valence-electron chi connectivity index (χ0n) is 9.58. The molecule has 3 nitrogen and oxygen atoms in total. The Hall–Kier alpha value is -1.38. The number of nitrogens with zero attached hydrogens (tertiary/aromatic N) is 2. The SMILES string of the molecule is FC(F)(F)c1cccc(CNc2ncncc2I)c1. The minimum atomic E-state index is -4.32. The first-order valence-corrected chi connectivity index (χ1v) is 6.40. The molecule has 0 saturated heterocycles. The van der Waals surface area contributed by atoms with Crippen LogP contribution in [0, 0.1) is 3.57 Å². The van der Waals surface area contributed by atoms with Gasteiger partial charge in [0.1, 0.15) is 12.1 Å². The number of anilines is 1. The lowest BCUT2D eigenvalue weighted by atomic mass is 10.1. The quantitative estimate of drug-likeness (QED) is 0.827. The molecule has 0 atom stereocenters. The fraction of sp³-hybridized carbons (Fsp3) is 0.167. The fourth-order valence-electron chi connectivity index (χ4n) is 1.49. The summed E-state index contributed by atoms with van der Waals surface area (Å²) < 4.78 is 38.5. The highest BCUT2D eigenvalue weighted by Crippen LogP contribution is 2.29. The molecule has 19 heavy (non-hydrogen) atoms. The van der Waals surface area contributed by atoms with Crippen molar-refractivity contribution in [3.63, 3.8) is 0 Å². The maximum Gasteiger partial charge on any atom is 0.416 e. The molecule has 1 heterocycles. The van der Waals surface area contributed by atoms with Crippen LogP contribution in [-0.2, 0) is 12.7 Å². The number of halogens is 4. The third-order valence-corrected chi connectivity index (χ3v) is 3.17. The first-order valence-electron chi connectivity index (χ1n) is 5.32. The third kappa shape index (κ3) is 3.79. The van der Waals surface area contributed by atoms with Crippen LogP contribution in [-0.4, -0.2) is 9.97 Å². The molecule has 0 spiro atoms. The van der Waals surface area contributed by atoms with E-state index in [1.165, 1.54) is 12.4 Å². The molecule has 0 radical (unpaired) electrons. The molecule has 0 unspecified atom stereocenters. The first kappa shape index (κ1) is 14.0. The van der Waals surface area contributed by atoms with Crippen molar-refractivity contribution in [2.75, 3.05) is 5.32 Å². The smallest absolute Gasteiger partial charge is 0.365 e. The Morgan fingerprint density at radius 2 is 2.05 bits per heavy atom. The van der Waals surface area contributed by atoms with Gasteiger partial charge in [-0.2, -0.15) is 13.2 Å². The zero-order valence-corrected chi connectivity index (χ0v) is 11.7. The third-order valence-electron chi connectivity index (χ3n) is 2.38. The lowest BCUT2D eigenvalue weighted by molar-refractivity contribution is -0.137. The number of hydrogen-bond acceptors (Lipinski definition) is 3. The second-order valence-electron chi connectivity index (χ2n) is 3.77. The Morgan fingerprint density at radius 3 is 2.74 bits per heavy atom. The summed E-state index contributed by atoms with van der Waals surface area (Å²) in [7, 11) is 0. The van der Waals surface area contributed by atoms with Crippen LogP contribution in [0.25, 0.3) is 0 Å². The highest BCUT2D eigenvalue weighted by atomic mass is 127. The van der Waals surface area contributed by atoms with Gasteiger partial charge in [-0.25, -0.2) is 9.97 Å².